The molecule has 0 bridgehead atoms. The molecule has 2 aromatic rings. The normalized spacial score (nSPS) is 13.8. The van der Waals surface area contributed by atoms with E-state index in [4.69, 9.17) is 4.43 Å². The first kappa shape index (κ1) is 17.9. The van der Waals surface area contributed by atoms with Crippen molar-refractivity contribution in [2.45, 2.75) is 32.7 Å². The van der Waals surface area contributed by atoms with Gasteiger partial charge in [-0.1, -0.05) is 88.4 Å². The molecule has 0 spiro atoms. The maximum atomic E-state index is 9.41. The van der Waals surface area contributed by atoms with Crippen molar-refractivity contribution in [3.05, 3.63) is 60.7 Å². The quantitative estimate of drug-likeness (QED) is 0.825. The second-order valence-electron chi connectivity index (χ2n) is 7.26. The molecule has 3 heteroatoms. The van der Waals surface area contributed by atoms with Crippen LogP contribution in [-0.4, -0.2) is 26.6 Å². The van der Waals surface area contributed by atoms with Crippen LogP contribution in [0.15, 0.2) is 60.7 Å². The fraction of sp³-hybridized carbons (Fsp3) is 0.400. The third-order valence-corrected chi connectivity index (χ3v) is 9.32. The van der Waals surface area contributed by atoms with E-state index in [-0.39, 0.29) is 17.6 Å². The van der Waals surface area contributed by atoms with Crippen molar-refractivity contribution in [2.75, 3.05) is 13.2 Å². The maximum Gasteiger partial charge on any atom is 0.261 e. The van der Waals surface area contributed by atoms with Gasteiger partial charge in [0.25, 0.3) is 8.32 Å². The number of aliphatic hydroxyl groups excluding tert-OH is 1. The highest BCUT2D eigenvalue weighted by atomic mass is 28.4. The second kappa shape index (κ2) is 7.43. The van der Waals surface area contributed by atoms with Crippen LogP contribution in [0.25, 0.3) is 0 Å². The average Bonchev–Trinajstić information content (AvgIpc) is 2.56. The van der Waals surface area contributed by atoms with Crippen molar-refractivity contribution in [2.24, 2.45) is 5.92 Å². The van der Waals surface area contributed by atoms with Gasteiger partial charge in [0.2, 0.25) is 0 Å². The molecule has 0 aliphatic carbocycles. The fourth-order valence-electron chi connectivity index (χ4n) is 3.08. The lowest BCUT2D eigenvalue weighted by Crippen LogP contribution is -2.66. The summed E-state index contributed by atoms with van der Waals surface area (Å²) in [6, 6.07) is 21.2. The highest BCUT2D eigenvalue weighted by Crippen LogP contribution is 2.36. The molecule has 2 aromatic carbocycles. The highest BCUT2D eigenvalue weighted by molar-refractivity contribution is 6.99. The molecular formula is C20H28O2Si. The van der Waals surface area contributed by atoms with Gasteiger partial charge in [-0.25, -0.2) is 0 Å². The van der Waals surface area contributed by atoms with Gasteiger partial charge in [0.15, 0.2) is 0 Å². The molecule has 0 amide bonds. The van der Waals surface area contributed by atoms with Gasteiger partial charge in [-0.15, -0.1) is 0 Å². The van der Waals surface area contributed by atoms with Crippen LogP contribution in [0.5, 0.6) is 0 Å². The second-order valence-corrected chi connectivity index (χ2v) is 11.6. The van der Waals surface area contributed by atoms with Gasteiger partial charge < -0.3 is 9.53 Å². The molecule has 0 aliphatic heterocycles. The van der Waals surface area contributed by atoms with Crippen molar-refractivity contribution in [1.29, 1.82) is 0 Å². The Morgan fingerprint density at radius 1 is 0.913 bits per heavy atom. The van der Waals surface area contributed by atoms with Gasteiger partial charge in [-0.3, -0.25) is 0 Å². The first-order chi connectivity index (χ1) is 10.9. The number of benzene rings is 2. The van der Waals surface area contributed by atoms with Gasteiger partial charge in [-0.2, -0.15) is 0 Å². The van der Waals surface area contributed by atoms with Gasteiger partial charge in [0, 0.05) is 19.1 Å². The maximum absolute atomic E-state index is 9.41. The minimum atomic E-state index is -2.44. The first-order valence-corrected chi connectivity index (χ1v) is 10.2. The Hall–Kier alpha value is -1.42. The molecule has 1 atom stereocenters. The van der Waals surface area contributed by atoms with E-state index in [0.29, 0.717) is 6.61 Å². The lowest BCUT2D eigenvalue weighted by molar-refractivity contribution is 0.168. The molecule has 124 valence electrons. The van der Waals surface area contributed by atoms with E-state index in [2.05, 4.69) is 69.3 Å². The Morgan fingerprint density at radius 2 is 1.35 bits per heavy atom. The van der Waals surface area contributed by atoms with Crippen molar-refractivity contribution < 1.29 is 9.53 Å². The van der Waals surface area contributed by atoms with E-state index >= 15 is 0 Å². The number of rotatable bonds is 6. The molecule has 0 unspecified atom stereocenters. The zero-order valence-electron chi connectivity index (χ0n) is 14.6. The summed E-state index contributed by atoms with van der Waals surface area (Å²) in [5, 5.41) is 12.0. The highest BCUT2D eigenvalue weighted by Gasteiger charge is 2.50. The monoisotopic (exact) mass is 328 g/mol. The molecule has 1 N–H and O–H groups in total. The molecule has 0 radical (unpaired) electrons. The van der Waals surface area contributed by atoms with Crippen LogP contribution in [0.2, 0.25) is 5.04 Å². The SMILES string of the molecule is C[C@@H](CO)CO[Si](c1ccccc1)(c1ccccc1)C(C)(C)C. The topological polar surface area (TPSA) is 29.5 Å². The molecule has 23 heavy (non-hydrogen) atoms. The molecular weight excluding hydrogens is 300 g/mol. The Labute approximate surface area is 141 Å². The third-order valence-electron chi connectivity index (χ3n) is 4.31. The summed E-state index contributed by atoms with van der Waals surface area (Å²) in [6.07, 6.45) is 0. The summed E-state index contributed by atoms with van der Waals surface area (Å²) in [6.45, 7) is 9.55. The van der Waals surface area contributed by atoms with Crippen LogP contribution >= 0.6 is 0 Å². The smallest absolute Gasteiger partial charge is 0.261 e. The van der Waals surface area contributed by atoms with E-state index in [1.807, 2.05) is 19.1 Å². The Bertz CT molecular complexity index is 551. The van der Waals surface area contributed by atoms with Crippen molar-refractivity contribution in [3.63, 3.8) is 0 Å². The number of hydrogen-bond donors (Lipinski definition) is 1. The first-order valence-electron chi connectivity index (χ1n) is 8.27. The van der Waals surface area contributed by atoms with Crippen molar-refractivity contribution in [3.8, 4) is 0 Å². The lowest BCUT2D eigenvalue weighted by Gasteiger charge is -2.43. The molecule has 0 aliphatic rings. The summed E-state index contributed by atoms with van der Waals surface area (Å²) in [5.74, 6) is 0.136. The molecule has 0 aromatic heterocycles. The summed E-state index contributed by atoms with van der Waals surface area (Å²) >= 11 is 0. The van der Waals surface area contributed by atoms with Crippen LogP contribution in [0.1, 0.15) is 27.7 Å². The van der Waals surface area contributed by atoms with Gasteiger partial charge in [-0.05, 0) is 15.4 Å². The minimum absolute atomic E-state index is 0.00905. The largest absolute Gasteiger partial charge is 0.407 e. The van der Waals surface area contributed by atoms with Gasteiger partial charge in [0.05, 0.1) is 0 Å². The Kier molecular flexibility index (Phi) is 5.79. The van der Waals surface area contributed by atoms with E-state index in [0.717, 1.165) is 0 Å². The standard InChI is InChI=1S/C20H28O2Si/c1-17(15-21)16-22-23(20(2,3)4,18-11-7-5-8-12-18)19-13-9-6-10-14-19/h5-14,17,21H,15-16H2,1-4H3/t17-/m0/s1. The van der Waals surface area contributed by atoms with Crippen LogP contribution in [0, 0.1) is 5.92 Å². The predicted molar refractivity (Wildman–Crippen MR) is 99.8 cm³/mol. The van der Waals surface area contributed by atoms with Crippen LogP contribution < -0.4 is 10.4 Å². The zero-order valence-corrected chi connectivity index (χ0v) is 15.6. The number of hydrogen-bond acceptors (Lipinski definition) is 2. The summed E-state index contributed by atoms with van der Waals surface area (Å²) in [7, 11) is -2.44. The molecule has 2 rings (SSSR count). The van der Waals surface area contributed by atoms with Gasteiger partial charge >= 0.3 is 0 Å². The van der Waals surface area contributed by atoms with E-state index in [9.17, 15) is 5.11 Å². The lowest BCUT2D eigenvalue weighted by atomic mass is 10.2. The molecule has 2 nitrogen and oxygen atoms in total. The predicted octanol–water partition coefficient (Wildman–Crippen LogP) is 3.19. The van der Waals surface area contributed by atoms with Crippen molar-refractivity contribution in [1.82, 2.24) is 0 Å². The van der Waals surface area contributed by atoms with E-state index < -0.39 is 8.32 Å². The summed E-state index contributed by atoms with van der Waals surface area (Å²) < 4.78 is 6.70. The van der Waals surface area contributed by atoms with Crippen LogP contribution in [0.4, 0.5) is 0 Å². The molecule has 0 saturated heterocycles. The molecule has 0 saturated carbocycles. The van der Waals surface area contributed by atoms with Crippen molar-refractivity contribution >= 4 is 18.7 Å². The summed E-state index contributed by atoms with van der Waals surface area (Å²) in [5.41, 5.74) is 0. The van der Waals surface area contributed by atoms with Gasteiger partial charge in [0.1, 0.15) is 0 Å². The molecule has 0 heterocycles. The Balaban J connectivity index is 2.60. The average molecular weight is 329 g/mol. The van der Waals surface area contributed by atoms with E-state index in [1.165, 1.54) is 10.4 Å². The zero-order chi connectivity index (χ0) is 16.9. The fourth-order valence-corrected chi connectivity index (χ4v) is 7.77. The van der Waals surface area contributed by atoms with Crippen LogP contribution in [0.3, 0.4) is 0 Å². The minimum Gasteiger partial charge on any atom is -0.407 e. The van der Waals surface area contributed by atoms with E-state index in [1.54, 1.807) is 0 Å². The molecule has 0 fully saturated rings. The number of aliphatic hydroxyl groups is 1. The third kappa shape index (κ3) is 3.74. The Morgan fingerprint density at radius 3 is 1.70 bits per heavy atom. The van der Waals surface area contributed by atoms with Crippen LogP contribution in [-0.2, 0) is 4.43 Å². The summed E-state index contributed by atoms with van der Waals surface area (Å²) in [4.78, 5) is 0.